The van der Waals surface area contributed by atoms with Gasteiger partial charge in [0.1, 0.15) is 6.29 Å². The summed E-state index contributed by atoms with van der Waals surface area (Å²) in [6.45, 7) is 6.72. The molecule has 2 bridgehead atoms. The molecular weight excluding hydrogens is 212 g/mol. The largest absolute Gasteiger partial charge is 0.370 e. The Hall–Kier alpha value is -0.630. The van der Waals surface area contributed by atoms with Crippen molar-refractivity contribution < 1.29 is 9.53 Å². The number of hydrogen-bond acceptors (Lipinski definition) is 2. The lowest BCUT2D eigenvalue weighted by molar-refractivity contribution is -0.201. The van der Waals surface area contributed by atoms with E-state index in [1.54, 1.807) is 0 Å². The van der Waals surface area contributed by atoms with Crippen molar-refractivity contribution in [2.75, 3.05) is 0 Å². The Morgan fingerprint density at radius 3 is 2.88 bits per heavy atom. The van der Waals surface area contributed by atoms with Crippen molar-refractivity contribution in [3.05, 3.63) is 12.2 Å². The molecule has 0 aromatic rings. The third-order valence-electron chi connectivity index (χ3n) is 5.80. The number of carbonyl (C=O) groups is 1. The number of rotatable bonds is 1. The minimum Gasteiger partial charge on any atom is -0.370 e. The smallest absolute Gasteiger partial charge is 0.130 e. The van der Waals surface area contributed by atoms with Gasteiger partial charge in [-0.1, -0.05) is 32.9 Å². The molecule has 0 unspecified atom stereocenters. The molecule has 0 spiro atoms. The average molecular weight is 234 g/mol. The molecule has 2 fully saturated rings. The van der Waals surface area contributed by atoms with Gasteiger partial charge in [-0.3, -0.25) is 0 Å². The maximum absolute atomic E-state index is 11.8. The van der Waals surface area contributed by atoms with Gasteiger partial charge in [0.2, 0.25) is 0 Å². The van der Waals surface area contributed by atoms with Gasteiger partial charge in [0.25, 0.3) is 0 Å². The molecule has 1 saturated carbocycles. The molecule has 0 aromatic carbocycles. The van der Waals surface area contributed by atoms with Gasteiger partial charge in [0.05, 0.1) is 17.6 Å². The van der Waals surface area contributed by atoms with E-state index in [9.17, 15) is 4.79 Å². The fourth-order valence-corrected chi connectivity index (χ4v) is 4.34. The monoisotopic (exact) mass is 234 g/mol. The van der Waals surface area contributed by atoms with E-state index in [-0.39, 0.29) is 23.0 Å². The Kier molecular flexibility index (Phi) is 2.32. The maximum atomic E-state index is 11.8. The lowest BCUT2D eigenvalue weighted by Crippen LogP contribution is -2.59. The average Bonchev–Trinajstić information content (AvgIpc) is 2.55. The third-order valence-corrected chi connectivity index (χ3v) is 5.80. The van der Waals surface area contributed by atoms with Gasteiger partial charge in [-0.15, -0.1) is 0 Å². The predicted octanol–water partition coefficient (Wildman–Crippen LogP) is 2.97. The summed E-state index contributed by atoms with van der Waals surface area (Å²) in [4.78, 5) is 11.8. The van der Waals surface area contributed by atoms with Crippen LogP contribution in [-0.2, 0) is 9.53 Å². The molecule has 1 aliphatic heterocycles. The topological polar surface area (TPSA) is 26.3 Å². The van der Waals surface area contributed by atoms with E-state index in [0.29, 0.717) is 5.92 Å². The molecule has 0 aromatic heterocycles. The summed E-state index contributed by atoms with van der Waals surface area (Å²) < 4.78 is 6.25. The lowest BCUT2D eigenvalue weighted by atomic mass is 9.51. The summed E-state index contributed by atoms with van der Waals surface area (Å²) >= 11 is 0. The first-order chi connectivity index (χ1) is 8.03. The van der Waals surface area contributed by atoms with Gasteiger partial charge in [-0.2, -0.15) is 0 Å². The molecule has 6 atom stereocenters. The summed E-state index contributed by atoms with van der Waals surface area (Å²) in [5, 5.41) is 0. The number of aldehydes is 1. The van der Waals surface area contributed by atoms with Crippen LogP contribution < -0.4 is 0 Å². The van der Waals surface area contributed by atoms with Crippen LogP contribution in [-0.4, -0.2) is 18.5 Å². The third kappa shape index (κ3) is 1.22. The van der Waals surface area contributed by atoms with E-state index in [1.165, 1.54) is 12.7 Å². The minimum atomic E-state index is -0.277. The molecular formula is C15H22O2. The quantitative estimate of drug-likeness (QED) is 0.515. The van der Waals surface area contributed by atoms with Crippen molar-refractivity contribution in [3.8, 4) is 0 Å². The highest BCUT2D eigenvalue weighted by molar-refractivity contribution is 5.68. The van der Waals surface area contributed by atoms with Crippen LogP contribution in [0, 0.1) is 22.7 Å². The standard InChI is InChI=1S/C15H22O2/c1-10-4-6-14(3)13(8-10)17-12-5-7-15(14,9-16)11(12)2/h5,7,9-13H,4,6,8H2,1-3H3/t10-,11-,12-,13-,14+,15-/m1/s1. The molecule has 2 aliphatic carbocycles. The van der Waals surface area contributed by atoms with Crippen molar-refractivity contribution in [2.24, 2.45) is 22.7 Å². The first kappa shape index (κ1) is 11.5. The van der Waals surface area contributed by atoms with Crippen LogP contribution in [0.5, 0.6) is 0 Å². The second kappa shape index (κ2) is 3.44. The van der Waals surface area contributed by atoms with Crippen LogP contribution in [0.25, 0.3) is 0 Å². The van der Waals surface area contributed by atoms with Crippen molar-refractivity contribution in [1.29, 1.82) is 0 Å². The van der Waals surface area contributed by atoms with E-state index < -0.39 is 0 Å². The molecule has 0 N–H and O–H groups in total. The normalized spacial score (nSPS) is 56.6. The number of hydrogen-bond donors (Lipinski definition) is 0. The Morgan fingerprint density at radius 2 is 2.18 bits per heavy atom. The van der Waals surface area contributed by atoms with Gasteiger partial charge < -0.3 is 9.53 Å². The maximum Gasteiger partial charge on any atom is 0.130 e. The van der Waals surface area contributed by atoms with Crippen molar-refractivity contribution in [2.45, 2.75) is 52.2 Å². The van der Waals surface area contributed by atoms with E-state index in [0.717, 1.165) is 18.8 Å². The van der Waals surface area contributed by atoms with Gasteiger partial charge in [0, 0.05) is 11.3 Å². The molecule has 1 saturated heterocycles. The van der Waals surface area contributed by atoms with Crippen LogP contribution in [0.2, 0.25) is 0 Å². The van der Waals surface area contributed by atoms with Crippen molar-refractivity contribution in [1.82, 2.24) is 0 Å². The van der Waals surface area contributed by atoms with Crippen LogP contribution in [0.15, 0.2) is 12.2 Å². The second-order valence-corrected chi connectivity index (χ2v) is 6.59. The highest BCUT2D eigenvalue weighted by Crippen LogP contribution is 2.62. The number of fused-ring (bicyclic) bond motifs is 4. The van der Waals surface area contributed by atoms with Crippen molar-refractivity contribution in [3.63, 3.8) is 0 Å². The Balaban J connectivity index is 2.05. The van der Waals surface area contributed by atoms with Crippen LogP contribution >= 0.6 is 0 Å². The van der Waals surface area contributed by atoms with E-state index in [2.05, 4.69) is 32.9 Å². The van der Waals surface area contributed by atoms with Crippen LogP contribution in [0.3, 0.4) is 0 Å². The number of allylic oxidation sites excluding steroid dienone is 1. The first-order valence-corrected chi connectivity index (χ1v) is 6.84. The molecule has 3 aliphatic rings. The summed E-state index contributed by atoms with van der Waals surface area (Å²) in [5.74, 6) is 1.03. The number of carbonyl (C=O) groups excluding carboxylic acids is 1. The minimum absolute atomic E-state index is 0.00414. The molecule has 17 heavy (non-hydrogen) atoms. The predicted molar refractivity (Wildman–Crippen MR) is 66.6 cm³/mol. The van der Waals surface area contributed by atoms with E-state index >= 15 is 0 Å². The van der Waals surface area contributed by atoms with Crippen LogP contribution in [0.1, 0.15) is 40.0 Å². The summed E-state index contributed by atoms with van der Waals surface area (Å²) in [7, 11) is 0. The molecule has 2 heteroatoms. The molecule has 94 valence electrons. The first-order valence-electron chi connectivity index (χ1n) is 6.84. The van der Waals surface area contributed by atoms with Crippen molar-refractivity contribution >= 4 is 6.29 Å². The zero-order valence-electron chi connectivity index (χ0n) is 11.0. The number of ether oxygens (including phenoxy) is 1. The summed E-state index contributed by atoms with van der Waals surface area (Å²) in [6.07, 6.45) is 9.32. The lowest BCUT2D eigenvalue weighted by Gasteiger charge is -2.57. The van der Waals surface area contributed by atoms with E-state index in [4.69, 9.17) is 4.74 Å². The molecule has 1 heterocycles. The molecule has 3 rings (SSSR count). The summed E-state index contributed by atoms with van der Waals surface area (Å²) in [6, 6.07) is 0. The SMILES string of the molecule is C[C@@H]1CC[C@@]2(C)[C@@H](C1)O[C@@H]1C=C[C@@]2(C=O)[C@@H]1C. The van der Waals surface area contributed by atoms with Gasteiger partial charge >= 0.3 is 0 Å². The molecule has 2 nitrogen and oxygen atoms in total. The fourth-order valence-electron chi connectivity index (χ4n) is 4.34. The Bertz CT molecular complexity index is 375. The van der Waals surface area contributed by atoms with Gasteiger partial charge in [-0.25, -0.2) is 0 Å². The second-order valence-electron chi connectivity index (χ2n) is 6.59. The summed E-state index contributed by atoms with van der Waals surface area (Å²) in [5.41, 5.74) is -0.273. The van der Waals surface area contributed by atoms with Crippen LogP contribution in [0.4, 0.5) is 0 Å². The van der Waals surface area contributed by atoms with Gasteiger partial charge in [-0.05, 0) is 25.2 Å². The van der Waals surface area contributed by atoms with E-state index in [1.807, 2.05) is 0 Å². The Labute approximate surface area is 103 Å². The molecule has 0 radical (unpaired) electrons. The molecule has 0 amide bonds. The highest BCUT2D eigenvalue weighted by Gasteiger charge is 2.63. The highest BCUT2D eigenvalue weighted by atomic mass is 16.5. The zero-order chi connectivity index (χ0) is 12.3. The fraction of sp³-hybridized carbons (Fsp3) is 0.800. The zero-order valence-corrected chi connectivity index (χ0v) is 11.0. The van der Waals surface area contributed by atoms with Gasteiger partial charge in [0.15, 0.2) is 0 Å². The Morgan fingerprint density at radius 1 is 1.41 bits per heavy atom.